The van der Waals surface area contributed by atoms with E-state index in [1.807, 2.05) is 36.4 Å². The van der Waals surface area contributed by atoms with E-state index in [9.17, 15) is 4.79 Å². The van der Waals surface area contributed by atoms with Crippen molar-refractivity contribution in [2.24, 2.45) is 0 Å². The van der Waals surface area contributed by atoms with Crippen molar-refractivity contribution in [3.05, 3.63) is 54.6 Å². The van der Waals surface area contributed by atoms with Crippen molar-refractivity contribution in [2.45, 2.75) is 26.7 Å². The van der Waals surface area contributed by atoms with E-state index >= 15 is 0 Å². The zero-order valence-electron chi connectivity index (χ0n) is 14.2. The molecular formula is C18H30BrNO2. The van der Waals surface area contributed by atoms with Crippen molar-refractivity contribution >= 4 is 29.0 Å². The van der Waals surface area contributed by atoms with Crippen molar-refractivity contribution in [1.82, 2.24) is 4.90 Å². The number of nitrogens with zero attached hydrogens (tertiary/aromatic N) is 1. The summed E-state index contributed by atoms with van der Waals surface area (Å²) in [5.74, 6) is -0.935. The van der Waals surface area contributed by atoms with Crippen LogP contribution < -0.4 is 0 Å². The van der Waals surface area contributed by atoms with Crippen LogP contribution in [0, 0.1) is 0 Å². The van der Waals surface area contributed by atoms with Crippen LogP contribution in [-0.4, -0.2) is 36.6 Å². The summed E-state index contributed by atoms with van der Waals surface area (Å²) >= 11 is 0. The lowest BCUT2D eigenvalue weighted by Crippen LogP contribution is -2.12. The molecule has 0 aliphatic rings. The van der Waals surface area contributed by atoms with Gasteiger partial charge in [-0.25, -0.2) is 4.79 Å². The molecule has 1 aromatic rings. The first kappa shape index (κ1) is 25.6. The van der Waals surface area contributed by atoms with E-state index in [2.05, 4.69) is 39.1 Å². The molecule has 1 N–H and O–H groups in total. The van der Waals surface area contributed by atoms with Crippen molar-refractivity contribution in [3.63, 3.8) is 0 Å². The quantitative estimate of drug-likeness (QED) is 0.747. The first-order valence-corrected chi connectivity index (χ1v) is 7.06. The first-order valence-electron chi connectivity index (χ1n) is 7.06. The van der Waals surface area contributed by atoms with Crippen LogP contribution >= 0.6 is 17.0 Å². The lowest BCUT2D eigenvalue weighted by Gasteiger charge is -2.05. The molecule has 3 nitrogen and oxygen atoms in total. The maximum atomic E-state index is 9.60. The van der Waals surface area contributed by atoms with Crippen molar-refractivity contribution in [1.29, 1.82) is 0 Å². The molecule has 0 atom stereocenters. The zero-order chi connectivity index (χ0) is 16.7. The molecule has 4 heteroatoms. The van der Waals surface area contributed by atoms with E-state index in [4.69, 9.17) is 5.11 Å². The predicted molar refractivity (Wildman–Crippen MR) is 103 cm³/mol. The maximum Gasteiger partial charge on any atom is 0.330 e. The number of rotatable bonds is 5. The molecular weight excluding hydrogens is 342 g/mol. The average Bonchev–Trinajstić information content (AvgIpc) is 2.47. The number of carboxylic acids is 1. The van der Waals surface area contributed by atoms with Gasteiger partial charge in [-0.1, -0.05) is 62.9 Å². The number of carbonyl (C=O) groups is 1. The van der Waals surface area contributed by atoms with Gasteiger partial charge in [0, 0.05) is 5.57 Å². The third-order valence-corrected chi connectivity index (χ3v) is 2.36. The molecule has 0 bridgehead atoms. The van der Waals surface area contributed by atoms with E-state index in [1.165, 1.54) is 31.9 Å². The Balaban J connectivity index is -0.000000244. The maximum absolute atomic E-state index is 9.60. The fourth-order valence-electron chi connectivity index (χ4n) is 1.06. The average molecular weight is 372 g/mol. The van der Waals surface area contributed by atoms with Gasteiger partial charge in [-0.05, 0) is 39.5 Å². The number of halogens is 1. The number of benzene rings is 1. The van der Waals surface area contributed by atoms with Crippen LogP contribution in [0.25, 0.3) is 6.08 Å². The second-order valence-electron chi connectivity index (χ2n) is 4.86. The number of hydrogen-bond acceptors (Lipinski definition) is 2. The van der Waals surface area contributed by atoms with E-state index in [-0.39, 0.29) is 22.6 Å². The van der Waals surface area contributed by atoms with Crippen LogP contribution in [0.3, 0.4) is 0 Å². The Morgan fingerprint density at radius 3 is 1.91 bits per heavy atom. The fourth-order valence-corrected chi connectivity index (χ4v) is 1.06. The summed E-state index contributed by atoms with van der Waals surface area (Å²) in [6, 6.07) is 10.0. The summed E-state index contributed by atoms with van der Waals surface area (Å²) in [6.45, 7) is 11.7. The molecule has 0 amide bonds. The highest BCUT2D eigenvalue weighted by Crippen LogP contribution is 1.97. The highest BCUT2D eigenvalue weighted by Gasteiger charge is 1.90. The second-order valence-corrected chi connectivity index (χ2v) is 4.86. The summed E-state index contributed by atoms with van der Waals surface area (Å²) in [4.78, 5) is 11.8. The Morgan fingerprint density at radius 2 is 1.73 bits per heavy atom. The summed E-state index contributed by atoms with van der Waals surface area (Å²) in [6.07, 6.45) is 4.46. The summed E-state index contributed by atoms with van der Waals surface area (Å²) in [7, 11) is 4.21. The lowest BCUT2D eigenvalue weighted by atomic mass is 10.2. The summed E-state index contributed by atoms with van der Waals surface area (Å²) in [5.41, 5.74) is 1.35. The molecule has 22 heavy (non-hydrogen) atoms. The van der Waals surface area contributed by atoms with Gasteiger partial charge in [0.2, 0.25) is 0 Å². The zero-order valence-corrected chi connectivity index (χ0v) is 15.9. The molecule has 0 saturated heterocycles. The Morgan fingerprint density at radius 1 is 1.27 bits per heavy atom. The largest absolute Gasteiger partial charge is 0.478 e. The molecule has 0 spiro atoms. The molecule has 0 unspecified atom stereocenters. The minimum atomic E-state index is -0.935. The number of carboxylic acid groups (broad SMARTS) is 1. The minimum absolute atomic E-state index is 0. The van der Waals surface area contributed by atoms with Crippen LogP contribution in [0.4, 0.5) is 0 Å². The molecule has 0 radical (unpaired) electrons. The van der Waals surface area contributed by atoms with E-state index in [0.29, 0.717) is 0 Å². The molecule has 0 fully saturated rings. The Hall–Kier alpha value is -1.39. The van der Waals surface area contributed by atoms with E-state index in [1.54, 1.807) is 0 Å². The molecule has 0 aromatic heterocycles. The van der Waals surface area contributed by atoms with Crippen LogP contribution in [-0.2, 0) is 4.79 Å². The molecule has 0 aliphatic carbocycles. The molecule has 1 aromatic carbocycles. The highest BCUT2D eigenvalue weighted by molar-refractivity contribution is 8.93. The smallest absolute Gasteiger partial charge is 0.330 e. The van der Waals surface area contributed by atoms with Crippen LogP contribution in [0.1, 0.15) is 32.3 Å². The first-order chi connectivity index (χ1) is 9.84. The Bertz CT molecular complexity index is 391. The van der Waals surface area contributed by atoms with Gasteiger partial charge in [0.15, 0.2) is 0 Å². The van der Waals surface area contributed by atoms with Gasteiger partial charge < -0.3 is 10.0 Å². The van der Waals surface area contributed by atoms with Crippen LogP contribution in [0.2, 0.25) is 0 Å². The summed E-state index contributed by atoms with van der Waals surface area (Å²) in [5, 5.41) is 7.89. The van der Waals surface area contributed by atoms with Gasteiger partial charge >= 0.3 is 5.97 Å². The molecule has 1 rings (SSSR count). The summed E-state index contributed by atoms with van der Waals surface area (Å²) < 4.78 is 0. The van der Waals surface area contributed by atoms with Gasteiger partial charge in [0.05, 0.1) is 0 Å². The van der Waals surface area contributed by atoms with Crippen molar-refractivity contribution in [2.75, 3.05) is 20.6 Å². The second kappa shape index (κ2) is 17.7. The third-order valence-electron chi connectivity index (χ3n) is 2.36. The van der Waals surface area contributed by atoms with Crippen molar-refractivity contribution < 1.29 is 9.90 Å². The Kier molecular flexibility index (Phi) is 20.5. The third kappa shape index (κ3) is 20.9. The number of hydrogen-bond donors (Lipinski definition) is 1. The van der Waals surface area contributed by atoms with Gasteiger partial charge in [0.1, 0.15) is 0 Å². The monoisotopic (exact) mass is 371 g/mol. The van der Waals surface area contributed by atoms with Crippen LogP contribution in [0.5, 0.6) is 0 Å². The number of unbranched alkanes of at least 4 members (excludes halogenated alkanes) is 1. The lowest BCUT2D eigenvalue weighted by molar-refractivity contribution is -0.132. The minimum Gasteiger partial charge on any atom is -0.478 e. The Labute approximate surface area is 146 Å². The van der Waals surface area contributed by atoms with Crippen molar-refractivity contribution in [3.8, 4) is 0 Å². The van der Waals surface area contributed by atoms with Gasteiger partial charge in [-0.2, -0.15) is 0 Å². The highest BCUT2D eigenvalue weighted by atomic mass is 79.9. The number of aliphatic carboxylic acids is 1. The van der Waals surface area contributed by atoms with Gasteiger partial charge in [-0.15, -0.1) is 17.0 Å². The van der Waals surface area contributed by atoms with E-state index < -0.39 is 5.97 Å². The van der Waals surface area contributed by atoms with E-state index in [0.717, 1.165) is 0 Å². The van der Waals surface area contributed by atoms with Crippen LogP contribution in [0.15, 0.2) is 49.1 Å². The van der Waals surface area contributed by atoms with Gasteiger partial charge in [0.25, 0.3) is 0 Å². The molecule has 0 heterocycles. The molecule has 0 saturated carbocycles. The standard InChI is InChI=1S/C8H8.C6H15N.C4H6O2.BrH/c1-2-8-6-4-3-5-7-8;1-4-5-6-7(2)3;1-3(2)4(5)6;/h2-7H,1H2;4-6H2,1-3H3;1H2,2H3,(H,5,6);1H. The molecule has 0 aliphatic heterocycles. The normalized spacial score (nSPS) is 8.41. The van der Waals surface area contributed by atoms with Gasteiger partial charge in [-0.3, -0.25) is 0 Å². The molecule has 126 valence electrons. The topological polar surface area (TPSA) is 40.5 Å². The fraction of sp³-hybridized carbons (Fsp3) is 0.389. The SMILES string of the molecule is Br.C=C(C)C(=O)O.C=Cc1ccccc1.CCCCN(C)C. The predicted octanol–water partition coefficient (Wildman–Crippen LogP) is 4.90.